The number of aromatic nitrogens is 1. The van der Waals surface area contributed by atoms with Gasteiger partial charge in [-0.2, -0.15) is 0 Å². The van der Waals surface area contributed by atoms with Crippen LogP contribution in [0.15, 0.2) is 0 Å². The zero-order valence-electron chi connectivity index (χ0n) is 8.26. The quantitative estimate of drug-likeness (QED) is 0.781. The van der Waals surface area contributed by atoms with Crippen LogP contribution >= 0.6 is 11.3 Å². The van der Waals surface area contributed by atoms with Crippen LogP contribution in [0.1, 0.15) is 22.0 Å². The van der Waals surface area contributed by atoms with E-state index >= 15 is 0 Å². The molecule has 0 aliphatic carbocycles. The maximum atomic E-state index is 4.56. The number of nitrogens with zero attached hydrogens (tertiary/aromatic N) is 1. The highest BCUT2D eigenvalue weighted by molar-refractivity contribution is 7.11. The first-order chi connectivity index (χ1) is 6.25. The van der Waals surface area contributed by atoms with Gasteiger partial charge in [-0.05, 0) is 45.7 Å². The van der Waals surface area contributed by atoms with Gasteiger partial charge in [0.2, 0.25) is 0 Å². The molecule has 13 heavy (non-hydrogen) atoms. The molecule has 2 rings (SSSR count). The summed E-state index contributed by atoms with van der Waals surface area (Å²) in [4.78, 5) is 5.97. The summed E-state index contributed by atoms with van der Waals surface area (Å²) in [5.41, 5.74) is 1.33. The molecule has 2 heterocycles. The van der Waals surface area contributed by atoms with Crippen LogP contribution in [0, 0.1) is 19.8 Å². The fourth-order valence-electron chi connectivity index (χ4n) is 1.92. The van der Waals surface area contributed by atoms with Gasteiger partial charge in [-0.1, -0.05) is 0 Å². The van der Waals surface area contributed by atoms with Gasteiger partial charge in [0.05, 0.1) is 10.7 Å². The lowest BCUT2D eigenvalue weighted by atomic mass is 10.0. The summed E-state index contributed by atoms with van der Waals surface area (Å²) in [5.74, 6) is 0.820. The van der Waals surface area contributed by atoms with E-state index < -0.39 is 0 Å². The molecule has 1 unspecified atom stereocenters. The second-order valence-electron chi connectivity index (χ2n) is 3.80. The molecular weight excluding hydrogens is 180 g/mol. The van der Waals surface area contributed by atoms with Crippen LogP contribution in [0.5, 0.6) is 0 Å². The van der Waals surface area contributed by atoms with E-state index in [1.807, 2.05) is 11.3 Å². The van der Waals surface area contributed by atoms with Crippen LogP contribution < -0.4 is 5.32 Å². The number of hydrogen-bond acceptors (Lipinski definition) is 3. The Labute approximate surface area is 83.4 Å². The second kappa shape index (κ2) is 3.76. The van der Waals surface area contributed by atoms with Crippen molar-refractivity contribution in [2.45, 2.75) is 26.7 Å². The van der Waals surface area contributed by atoms with Gasteiger partial charge < -0.3 is 5.32 Å². The van der Waals surface area contributed by atoms with Crippen LogP contribution in [0.2, 0.25) is 0 Å². The van der Waals surface area contributed by atoms with Gasteiger partial charge in [-0.3, -0.25) is 0 Å². The van der Waals surface area contributed by atoms with Crippen molar-refractivity contribution in [1.29, 1.82) is 0 Å². The van der Waals surface area contributed by atoms with E-state index in [0.717, 1.165) is 5.92 Å². The van der Waals surface area contributed by atoms with Crippen molar-refractivity contribution in [3.8, 4) is 0 Å². The highest BCUT2D eigenvalue weighted by Gasteiger charge is 2.17. The van der Waals surface area contributed by atoms with E-state index in [2.05, 4.69) is 24.1 Å². The van der Waals surface area contributed by atoms with Gasteiger partial charge in [-0.25, -0.2) is 4.98 Å². The molecular formula is C10H16N2S. The standard InChI is InChI=1S/C10H16N2S/c1-7-10(12-8(2)13-7)5-9-3-4-11-6-9/h9,11H,3-6H2,1-2H3. The van der Waals surface area contributed by atoms with E-state index in [0.29, 0.717) is 0 Å². The zero-order valence-corrected chi connectivity index (χ0v) is 9.08. The maximum absolute atomic E-state index is 4.56. The van der Waals surface area contributed by atoms with Gasteiger partial charge in [0.15, 0.2) is 0 Å². The van der Waals surface area contributed by atoms with Crippen LogP contribution in [-0.4, -0.2) is 18.1 Å². The van der Waals surface area contributed by atoms with Gasteiger partial charge in [0.25, 0.3) is 0 Å². The molecule has 0 spiro atoms. The Morgan fingerprint density at radius 3 is 2.92 bits per heavy atom. The third-order valence-corrected chi connectivity index (χ3v) is 3.57. The van der Waals surface area contributed by atoms with Crippen LogP contribution in [0.25, 0.3) is 0 Å². The largest absolute Gasteiger partial charge is 0.316 e. The predicted octanol–water partition coefficient (Wildman–Crippen LogP) is 1.91. The lowest BCUT2D eigenvalue weighted by Crippen LogP contribution is -2.11. The first-order valence-electron chi connectivity index (χ1n) is 4.89. The topological polar surface area (TPSA) is 24.9 Å². The number of hydrogen-bond donors (Lipinski definition) is 1. The van der Waals surface area contributed by atoms with Gasteiger partial charge in [0, 0.05) is 4.88 Å². The van der Waals surface area contributed by atoms with Gasteiger partial charge in [-0.15, -0.1) is 11.3 Å². The van der Waals surface area contributed by atoms with Crippen molar-refractivity contribution in [1.82, 2.24) is 10.3 Å². The first-order valence-corrected chi connectivity index (χ1v) is 5.71. The van der Waals surface area contributed by atoms with Crippen LogP contribution in [0.4, 0.5) is 0 Å². The normalized spacial score (nSPS) is 22.5. The Balaban J connectivity index is 2.03. The monoisotopic (exact) mass is 196 g/mol. The van der Waals surface area contributed by atoms with Crippen molar-refractivity contribution >= 4 is 11.3 Å². The van der Waals surface area contributed by atoms with Crippen molar-refractivity contribution in [2.75, 3.05) is 13.1 Å². The molecule has 1 fully saturated rings. The van der Waals surface area contributed by atoms with Crippen molar-refractivity contribution < 1.29 is 0 Å². The number of rotatable bonds is 2. The Hall–Kier alpha value is -0.410. The van der Waals surface area contributed by atoms with Crippen molar-refractivity contribution in [3.63, 3.8) is 0 Å². The first kappa shape index (κ1) is 9.16. The Morgan fingerprint density at radius 1 is 1.54 bits per heavy atom. The van der Waals surface area contributed by atoms with Crippen LogP contribution in [-0.2, 0) is 6.42 Å². The smallest absolute Gasteiger partial charge is 0.0900 e. The van der Waals surface area contributed by atoms with E-state index in [1.165, 1.54) is 41.5 Å². The zero-order chi connectivity index (χ0) is 9.26. The third-order valence-electron chi connectivity index (χ3n) is 2.64. The Kier molecular flexibility index (Phi) is 2.65. The van der Waals surface area contributed by atoms with E-state index in [4.69, 9.17) is 0 Å². The summed E-state index contributed by atoms with van der Waals surface area (Å²) >= 11 is 1.82. The minimum atomic E-state index is 0.820. The fraction of sp³-hybridized carbons (Fsp3) is 0.700. The molecule has 1 N–H and O–H groups in total. The molecule has 1 saturated heterocycles. The summed E-state index contributed by atoms with van der Waals surface area (Å²) in [6, 6.07) is 0. The molecule has 2 nitrogen and oxygen atoms in total. The molecule has 1 aliphatic heterocycles. The van der Waals surface area contributed by atoms with Crippen LogP contribution in [0.3, 0.4) is 0 Å². The Bertz CT molecular complexity index is 287. The minimum Gasteiger partial charge on any atom is -0.316 e. The number of thiazole rings is 1. The molecule has 0 saturated carbocycles. The highest BCUT2D eigenvalue weighted by atomic mass is 32.1. The molecule has 72 valence electrons. The molecule has 3 heteroatoms. The summed E-state index contributed by atoms with van der Waals surface area (Å²) < 4.78 is 0. The summed E-state index contributed by atoms with van der Waals surface area (Å²) in [6.45, 7) is 6.64. The molecule has 0 amide bonds. The minimum absolute atomic E-state index is 0.820. The molecule has 1 aliphatic rings. The second-order valence-corrected chi connectivity index (χ2v) is 5.21. The predicted molar refractivity (Wildman–Crippen MR) is 56.3 cm³/mol. The Morgan fingerprint density at radius 2 is 2.38 bits per heavy atom. The molecule has 0 aromatic carbocycles. The highest BCUT2D eigenvalue weighted by Crippen LogP contribution is 2.21. The molecule has 1 aromatic rings. The van der Waals surface area contributed by atoms with Crippen molar-refractivity contribution in [3.05, 3.63) is 15.6 Å². The van der Waals surface area contributed by atoms with E-state index in [1.54, 1.807) is 0 Å². The lowest BCUT2D eigenvalue weighted by molar-refractivity contribution is 0.571. The van der Waals surface area contributed by atoms with E-state index in [9.17, 15) is 0 Å². The van der Waals surface area contributed by atoms with Gasteiger partial charge in [0.1, 0.15) is 0 Å². The number of aryl methyl sites for hydroxylation is 2. The molecule has 0 radical (unpaired) electrons. The lowest BCUT2D eigenvalue weighted by Gasteiger charge is -2.05. The summed E-state index contributed by atoms with van der Waals surface area (Å²) in [6.07, 6.45) is 2.49. The number of nitrogens with one attached hydrogen (secondary N) is 1. The maximum Gasteiger partial charge on any atom is 0.0900 e. The average molecular weight is 196 g/mol. The average Bonchev–Trinajstić information content (AvgIpc) is 2.63. The summed E-state index contributed by atoms with van der Waals surface area (Å²) in [5, 5.41) is 4.60. The SMILES string of the molecule is Cc1nc(CC2CCNC2)c(C)s1. The fourth-order valence-corrected chi connectivity index (χ4v) is 2.77. The van der Waals surface area contributed by atoms with E-state index in [-0.39, 0.29) is 0 Å². The van der Waals surface area contributed by atoms with Gasteiger partial charge >= 0.3 is 0 Å². The van der Waals surface area contributed by atoms with Crippen molar-refractivity contribution in [2.24, 2.45) is 5.92 Å². The molecule has 0 bridgehead atoms. The molecule has 1 atom stereocenters. The molecule has 1 aromatic heterocycles. The third kappa shape index (κ3) is 2.09. The summed E-state index contributed by atoms with van der Waals surface area (Å²) in [7, 11) is 0.